The summed E-state index contributed by atoms with van der Waals surface area (Å²) in [5, 5.41) is 13.0. The molecule has 0 spiro atoms. The van der Waals surface area contributed by atoms with Gasteiger partial charge in [-0.2, -0.15) is 0 Å². The normalized spacial score (nSPS) is 14.7. The molecule has 0 atom stereocenters. The van der Waals surface area contributed by atoms with Gasteiger partial charge in [0.05, 0.1) is 22.5 Å². The van der Waals surface area contributed by atoms with E-state index in [0.29, 0.717) is 11.1 Å². The van der Waals surface area contributed by atoms with Gasteiger partial charge in [0.15, 0.2) is 0 Å². The van der Waals surface area contributed by atoms with Crippen LogP contribution in [0, 0.1) is 10.1 Å². The SMILES string of the molecule is COC(=O)c1ccc(Oc2ccc(C=C3SC(=O)NC3=O)cc2[N+](=O)[O-])cc1. The summed E-state index contributed by atoms with van der Waals surface area (Å²) in [5.74, 6) is -0.790. The zero-order valence-electron chi connectivity index (χ0n) is 14.3. The van der Waals surface area contributed by atoms with Crippen LogP contribution in [0.5, 0.6) is 11.5 Å². The van der Waals surface area contributed by atoms with Gasteiger partial charge in [-0.05, 0) is 53.7 Å². The molecule has 1 aliphatic heterocycles. The van der Waals surface area contributed by atoms with Crippen molar-refractivity contribution in [3.05, 3.63) is 68.6 Å². The van der Waals surface area contributed by atoms with Gasteiger partial charge in [-0.1, -0.05) is 6.07 Å². The molecule has 1 N–H and O–H groups in total. The van der Waals surface area contributed by atoms with Gasteiger partial charge in [0.2, 0.25) is 5.75 Å². The molecular formula is C18H12N2O7S. The summed E-state index contributed by atoms with van der Waals surface area (Å²) in [7, 11) is 1.26. The zero-order valence-corrected chi connectivity index (χ0v) is 15.1. The molecule has 3 rings (SSSR count). The first-order valence-electron chi connectivity index (χ1n) is 7.77. The number of nitrogens with zero attached hydrogens (tertiary/aromatic N) is 1. The van der Waals surface area contributed by atoms with E-state index in [-0.39, 0.29) is 22.1 Å². The van der Waals surface area contributed by atoms with Gasteiger partial charge in [0.25, 0.3) is 11.1 Å². The second-order valence-corrected chi connectivity index (χ2v) is 6.47. The molecule has 0 aliphatic carbocycles. The smallest absolute Gasteiger partial charge is 0.337 e. The number of thioether (sulfide) groups is 1. The van der Waals surface area contributed by atoms with Gasteiger partial charge in [-0.3, -0.25) is 25.0 Å². The number of methoxy groups -OCH3 is 1. The number of rotatable bonds is 5. The molecule has 2 aromatic carbocycles. The second-order valence-electron chi connectivity index (χ2n) is 5.45. The number of nitro groups is 1. The molecule has 2 aromatic rings. The van der Waals surface area contributed by atoms with Crippen LogP contribution in [0.25, 0.3) is 6.08 Å². The average molecular weight is 400 g/mol. The highest BCUT2D eigenvalue weighted by Crippen LogP contribution is 2.34. The molecule has 1 fully saturated rings. The molecule has 9 nitrogen and oxygen atoms in total. The van der Waals surface area contributed by atoms with Gasteiger partial charge in [-0.15, -0.1) is 0 Å². The molecule has 2 amide bonds. The first-order chi connectivity index (χ1) is 13.4. The van der Waals surface area contributed by atoms with E-state index in [0.717, 1.165) is 11.8 Å². The Kier molecular flexibility index (Phi) is 5.41. The van der Waals surface area contributed by atoms with E-state index in [2.05, 4.69) is 10.1 Å². The Morgan fingerprint density at radius 1 is 1.18 bits per heavy atom. The van der Waals surface area contributed by atoms with Crippen molar-refractivity contribution in [2.45, 2.75) is 0 Å². The molecule has 10 heteroatoms. The average Bonchev–Trinajstić information content (AvgIpc) is 2.99. The number of carbonyl (C=O) groups excluding carboxylic acids is 3. The Bertz CT molecular complexity index is 1020. The van der Waals surface area contributed by atoms with Crippen LogP contribution in [0.15, 0.2) is 47.4 Å². The Balaban J connectivity index is 1.87. The van der Waals surface area contributed by atoms with E-state index in [1.165, 1.54) is 55.7 Å². The lowest BCUT2D eigenvalue weighted by atomic mass is 10.1. The minimum atomic E-state index is -0.618. The lowest BCUT2D eigenvalue weighted by Gasteiger charge is -2.08. The fourth-order valence-electron chi connectivity index (χ4n) is 2.33. The van der Waals surface area contributed by atoms with Gasteiger partial charge in [0.1, 0.15) is 5.75 Å². The summed E-state index contributed by atoms with van der Waals surface area (Å²) in [6, 6.07) is 10.1. The lowest BCUT2D eigenvalue weighted by Crippen LogP contribution is -2.17. The summed E-state index contributed by atoms with van der Waals surface area (Å²) in [5.41, 5.74) is 0.363. The minimum Gasteiger partial charge on any atom is -0.465 e. The number of hydrogen-bond donors (Lipinski definition) is 1. The van der Waals surface area contributed by atoms with Gasteiger partial charge in [0, 0.05) is 6.07 Å². The molecule has 0 bridgehead atoms. The van der Waals surface area contributed by atoms with Crippen LogP contribution >= 0.6 is 11.8 Å². The number of benzene rings is 2. The summed E-state index contributed by atoms with van der Waals surface area (Å²) in [6.45, 7) is 0. The Morgan fingerprint density at radius 2 is 1.89 bits per heavy atom. The van der Waals surface area contributed by atoms with Gasteiger partial charge in [-0.25, -0.2) is 4.79 Å². The van der Waals surface area contributed by atoms with E-state index in [4.69, 9.17) is 4.74 Å². The van der Waals surface area contributed by atoms with Crippen molar-refractivity contribution >= 4 is 40.6 Å². The van der Waals surface area contributed by atoms with Crippen molar-refractivity contribution in [1.29, 1.82) is 0 Å². The number of amides is 2. The van der Waals surface area contributed by atoms with Crippen LogP contribution in [0.2, 0.25) is 0 Å². The number of imide groups is 1. The molecule has 1 saturated heterocycles. The van der Waals surface area contributed by atoms with Crippen molar-refractivity contribution in [3.8, 4) is 11.5 Å². The summed E-state index contributed by atoms with van der Waals surface area (Å²) in [4.78, 5) is 45.2. The third-order valence-electron chi connectivity index (χ3n) is 3.62. The Morgan fingerprint density at radius 3 is 2.46 bits per heavy atom. The number of nitro benzene ring substituents is 1. The number of carbonyl (C=O) groups is 3. The van der Waals surface area contributed by atoms with Crippen molar-refractivity contribution in [1.82, 2.24) is 5.32 Å². The first kappa shape index (κ1) is 19.1. The maximum Gasteiger partial charge on any atom is 0.337 e. The summed E-state index contributed by atoms with van der Waals surface area (Å²) >= 11 is 0.718. The Labute approximate surface area is 162 Å². The first-order valence-corrected chi connectivity index (χ1v) is 8.58. The van der Waals surface area contributed by atoms with Gasteiger partial charge >= 0.3 is 11.7 Å². The number of ether oxygens (including phenoxy) is 2. The van der Waals surface area contributed by atoms with Crippen molar-refractivity contribution < 1.29 is 28.8 Å². The minimum absolute atomic E-state index is 0.0161. The fourth-order valence-corrected chi connectivity index (χ4v) is 3.01. The highest BCUT2D eigenvalue weighted by atomic mass is 32.2. The third kappa shape index (κ3) is 4.18. The second kappa shape index (κ2) is 7.92. The molecule has 0 aromatic heterocycles. The van der Waals surface area contributed by atoms with E-state index < -0.39 is 22.0 Å². The largest absolute Gasteiger partial charge is 0.465 e. The van der Waals surface area contributed by atoms with Crippen LogP contribution in [0.1, 0.15) is 15.9 Å². The van der Waals surface area contributed by atoms with Crippen LogP contribution in [-0.2, 0) is 9.53 Å². The van der Waals surface area contributed by atoms with Crippen LogP contribution in [0.4, 0.5) is 10.5 Å². The molecule has 0 radical (unpaired) electrons. The highest BCUT2D eigenvalue weighted by Gasteiger charge is 2.25. The standard InChI is InChI=1S/C18H12N2O7S/c1-26-17(22)11-3-5-12(6-4-11)27-14-7-2-10(8-13(14)20(24)25)9-15-16(21)19-18(23)28-15/h2-9H,1H3,(H,19,21,23). The molecule has 0 unspecified atom stereocenters. The predicted octanol–water partition coefficient (Wildman–Crippen LogP) is 3.50. The van der Waals surface area contributed by atoms with Crippen molar-refractivity contribution in [2.75, 3.05) is 7.11 Å². The zero-order chi connectivity index (χ0) is 20.3. The predicted molar refractivity (Wildman–Crippen MR) is 100 cm³/mol. The molecular weight excluding hydrogens is 388 g/mol. The van der Waals surface area contributed by atoms with Crippen molar-refractivity contribution in [2.24, 2.45) is 0 Å². The molecule has 142 valence electrons. The van der Waals surface area contributed by atoms with E-state index in [1.54, 1.807) is 0 Å². The van der Waals surface area contributed by atoms with Crippen molar-refractivity contribution in [3.63, 3.8) is 0 Å². The van der Waals surface area contributed by atoms with Gasteiger partial charge < -0.3 is 9.47 Å². The number of esters is 1. The van der Waals surface area contributed by atoms with E-state index >= 15 is 0 Å². The highest BCUT2D eigenvalue weighted by molar-refractivity contribution is 8.18. The fraction of sp³-hybridized carbons (Fsp3) is 0.0556. The summed E-state index contributed by atoms with van der Waals surface area (Å²) in [6.07, 6.45) is 1.38. The van der Waals surface area contributed by atoms with E-state index in [1.807, 2.05) is 0 Å². The number of nitrogens with one attached hydrogen (secondary N) is 1. The van der Waals surface area contributed by atoms with Crippen LogP contribution < -0.4 is 10.1 Å². The molecule has 1 heterocycles. The monoisotopic (exact) mass is 400 g/mol. The van der Waals surface area contributed by atoms with E-state index in [9.17, 15) is 24.5 Å². The maximum atomic E-state index is 11.6. The maximum absolute atomic E-state index is 11.6. The Hall–Kier alpha value is -3.66. The quantitative estimate of drug-likeness (QED) is 0.350. The summed E-state index contributed by atoms with van der Waals surface area (Å²) < 4.78 is 10.2. The molecule has 28 heavy (non-hydrogen) atoms. The van der Waals surface area contributed by atoms with Crippen LogP contribution in [0.3, 0.4) is 0 Å². The lowest BCUT2D eigenvalue weighted by molar-refractivity contribution is -0.385. The molecule has 1 aliphatic rings. The third-order valence-corrected chi connectivity index (χ3v) is 4.43. The van der Waals surface area contributed by atoms with Crippen LogP contribution in [-0.4, -0.2) is 29.1 Å². The topological polar surface area (TPSA) is 125 Å². The number of hydrogen-bond acceptors (Lipinski definition) is 8. The molecule has 0 saturated carbocycles.